The molecule has 5 nitrogen and oxygen atoms in total. The fourth-order valence-electron chi connectivity index (χ4n) is 2.34. The number of hydrogen-bond acceptors (Lipinski definition) is 4. The van der Waals surface area contributed by atoms with Crippen molar-refractivity contribution in [2.24, 2.45) is 0 Å². The predicted octanol–water partition coefficient (Wildman–Crippen LogP) is 1.19. The Morgan fingerprint density at radius 2 is 2.00 bits per heavy atom. The van der Waals surface area contributed by atoms with Crippen LogP contribution in [0.1, 0.15) is 36.5 Å². The first-order chi connectivity index (χ1) is 9.25. The van der Waals surface area contributed by atoms with Gasteiger partial charge in [0.1, 0.15) is 0 Å². The molecule has 1 saturated heterocycles. The molecule has 5 heteroatoms. The largest absolute Gasteiger partial charge is 0.302 e. The average molecular weight is 262 g/mol. The lowest BCUT2D eigenvalue weighted by Crippen LogP contribution is -2.48. The van der Waals surface area contributed by atoms with Crippen molar-refractivity contribution in [2.75, 3.05) is 19.6 Å². The van der Waals surface area contributed by atoms with Gasteiger partial charge in [-0.15, -0.1) is 0 Å². The van der Waals surface area contributed by atoms with Crippen molar-refractivity contribution in [3.05, 3.63) is 30.1 Å². The number of pyridine rings is 1. The van der Waals surface area contributed by atoms with Gasteiger partial charge in [0.2, 0.25) is 0 Å². The highest BCUT2D eigenvalue weighted by atomic mass is 16.2. The molecular formula is C14H22N4O. The van der Waals surface area contributed by atoms with Crippen LogP contribution in [-0.2, 0) is 0 Å². The van der Waals surface area contributed by atoms with Gasteiger partial charge in [-0.25, -0.2) is 5.43 Å². The van der Waals surface area contributed by atoms with Crippen LogP contribution in [0.15, 0.2) is 24.5 Å². The van der Waals surface area contributed by atoms with E-state index in [2.05, 4.69) is 27.7 Å². The molecule has 1 amide bonds. The fraction of sp³-hybridized carbons (Fsp3) is 0.571. The Balaban J connectivity index is 1.71. The maximum Gasteiger partial charge on any atom is 0.265 e. The number of carbonyl (C=O) groups excluding carboxylic acids is 1. The topological polar surface area (TPSA) is 57.3 Å². The third-order valence-electron chi connectivity index (χ3n) is 3.36. The van der Waals surface area contributed by atoms with Crippen molar-refractivity contribution in [1.82, 2.24) is 20.7 Å². The molecule has 1 aromatic heterocycles. The number of rotatable bonds is 5. The zero-order valence-electron chi connectivity index (χ0n) is 11.4. The molecule has 0 aromatic carbocycles. The van der Waals surface area contributed by atoms with E-state index in [1.807, 2.05) is 0 Å². The van der Waals surface area contributed by atoms with Gasteiger partial charge in [-0.1, -0.05) is 6.42 Å². The Kier molecular flexibility index (Phi) is 5.30. The highest BCUT2D eigenvalue weighted by Crippen LogP contribution is 2.08. The summed E-state index contributed by atoms with van der Waals surface area (Å²) in [5, 5.41) is 0. The van der Waals surface area contributed by atoms with Crippen LogP contribution in [0, 0.1) is 0 Å². The van der Waals surface area contributed by atoms with Gasteiger partial charge in [-0.2, -0.15) is 0 Å². The number of piperidine rings is 1. The van der Waals surface area contributed by atoms with Crippen molar-refractivity contribution in [1.29, 1.82) is 0 Å². The van der Waals surface area contributed by atoms with Gasteiger partial charge in [0, 0.05) is 30.5 Å². The Morgan fingerprint density at radius 1 is 1.32 bits per heavy atom. The lowest BCUT2D eigenvalue weighted by molar-refractivity contribution is 0.0918. The van der Waals surface area contributed by atoms with Crippen LogP contribution >= 0.6 is 0 Å². The number of amides is 1. The van der Waals surface area contributed by atoms with E-state index in [4.69, 9.17) is 0 Å². The molecule has 0 bridgehead atoms. The summed E-state index contributed by atoms with van der Waals surface area (Å²) in [7, 11) is 0. The second-order valence-electron chi connectivity index (χ2n) is 5.10. The van der Waals surface area contributed by atoms with E-state index >= 15 is 0 Å². The predicted molar refractivity (Wildman–Crippen MR) is 74.6 cm³/mol. The number of nitrogens with zero attached hydrogens (tertiary/aromatic N) is 2. The summed E-state index contributed by atoms with van der Waals surface area (Å²) >= 11 is 0. The van der Waals surface area contributed by atoms with Crippen molar-refractivity contribution in [2.45, 2.75) is 32.2 Å². The summed E-state index contributed by atoms with van der Waals surface area (Å²) < 4.78 is 0. The molecule has 1 aliphatic heterocycles. The smallest absolute Gasteiger partial charge is 0.265 e. The quantitative estimate of drug-likeness (QED) is 0.783. The fourth-order valence-corrected chi connectivity index (χ4v) is 2.34. The summed E-state index contributed by atoms with van der Waals surface area (Å²) in [4.78, 5) is 18.2. The molecule has 0 radical (unpaired) electrons. The van der Waals surface area contributed by atoms with E-state index in [0.29, 0.717) is 5.56 Å². The molecule has 1 fully saturated rings. The Labute approximate surface area is 114 Å². The van der Waals surface area contributed by atoms with Crippen LogP contribution < -0.4 is 10.9 Å². The van der Waals surface area contributed by atoms with Gasteiger partial charge in [0.15, 0.2) is 0 Å². The van der Waals surface area contributed by atoms with E-state index in [9.17, 15) is 4.79 Å². The minimum absolute atomic E-state index is 0.118. The van der Waals surface area contributed by atoms with Crippen molar-refractivity contribution >= 4 is 5.91 Å². The van der Waals surface area contributed by atoms with E-state index in [-0.39, 0.29) is 11.9 Å². The zero-order chi connectivity index (χ0) is 13.5. The minimum Gasteiger partial charge on any atom is -0.302 e. The number of aromatic nitrogens is 1. The van der Waals surface area contributed by atoms with Gasteiger partial charge < -0.3 is 4.90 Å². The maximum atomic E-state index is 11.8. The Hall–Kier alpha value is -1.46. The standard InChI is InChI=1S/C14H22N4O/c1-12(11-18-9-3-2-4-10-18)16-17-14(19)13-5-7-15-8-6-13/h5-8,12,16H,2-4,9-11H2,1H3,(H,17,19). The van der Waals surface area contributed by atoms with Gasteiger partial charge in [-0.05, 0) is 45.0 Å². The van der Waals surface area contributed by atoms with Crippen LogP contribution in [0.2, 0.25) is 0 Å². The van der Waals surface area contributed by atoms with E-state index < -0.39 is 0 Å². The van der Waals surface area contributed by atoms with Crippen LogP contribution in [0.25, 0.3) is 0 Å². The molecule has 1 atom stereocenters. The molecule has 104 valence electrons. The zero-order valence-corrected chi connectivity index (χ0v) is 11.4. The van der Waals surface area contributed by atoms with E-state index in [0.717, 1.165) is 6.54 Å². The van der Waals surface area contributed by atoms with Gasteiger partial charge in [0.25, 0.3) is 5.91 Å². The van der Waals surface area contributed by atoms with Crippen LogP contribution in [0.3, 0.4) is 0 Å². The average Bonchev–Trinajstić information content (AvgIpc) is 2.47. The first kappa shape index (κ1) is 14.0. The molecule has 19 heavy (non-hydrogen) atoms. The second kappa shape index (κ2) is 7.21. The molecule has 0 aliphatic carbocycles. The van der Waals surface area contributed by atoms with Crippen molar-refractivity contribution in [3.8, 4) is 0 Å². The number of hydrazine groups is 1. The Morgan fingerprint density at radius 3 is 2.68 bits per heavy atom. The lowest BCUT2D eigenvalue weighted by atomic mass is 10.1. The molecule has 0 spiro atoms. The summed E-state index contributed by atoms with van der Waals surface area (Å²) in [6.45, 7) is 5.40. The third-order valence-corrected chi connectivity index (χ3v) is 3.36. The van der Waals surface area contributed by atoms with Crippen molar-refractivity contribution in [3.63, 3.8) is 0 Å². The first-order valence-corrected chi connectivity index (χ1v) is 6.94. The van der Waals surface area contributed by atoms with E-state index in [1.54, 1.807) is 24.5 Å². The third kappa shape index (κ3) is 4.61. The Bertz CT molecular complexity index is 390. The molecule has 2 rings (SSSR count). The SMILES string of the molecule is CC(CN1CCCCC1)NNC(=O)c1ccncc1. The highest BCUT2D eigenvalue weighted by molar-refractivity contribution is 5.93. The van der Waals surface area contributed by atoms with Gasteiger partial charge in [0.05, 0.1) is 0 Å². The minimum atomic E-state index is -0.118. The summed E-state index contributed by atoms with van der Waals surface area (Å²) in [5.74, 6) is -0.118. The van der Waals surface area contributed by atoms with Crippen LogP contribution in [0.5, 0.6) is 0 Å². The maximum absolute atomic E-state index is 11.8. The highest BCUT2D eigenvalue weighted by Gasteiger charge is 2.13. The number of carbonyl (C=O) groups is 1. The molecule has 1 aliphatic rings. The monoisotopic (exact) mass is 262 g/mol. The van der Waals surface area contributed by atoms with Crippen LogP contribution in [-0.4, -0.2) is 41.5 Å². The number of hydrogen-bond donors (Lipinski definition) is 2. The van der Waals surface area contributed by atoms with Gasteiger partial charge >= 0.3 is 0 Å². The second-order valence-corrected chi connectivity index (χ2v) is 5.10. The molecule has 1 aromatic rings. The molecule has 0 saturated carbocycles. The summed E-state index contributed by atoms with van der Waals surface area (Å²) in [6.07, 6.45) is 7.15. The number of nitrogens with one attached hydrogen (secondary N) is 2. The molecule has 2 heterocycles. The summed E-state index contributed by atoms with van der Waals surface area (Å²) in [6, 6.07) is 3.64. The van der Waals surface area contributed by atoms with Crippen LogP contribution in [0.4, 0.5) is 0 Å². The first-order valence-electron chi connectivity index (χ1n) is 6.94. The molecule has 1 unspecified atom stereocenters. The summed E-state index contributed by atoms with van der Waals surface area (Å²) in [5.41, 5.74) is 6.43. The molecular weight excluding hydrogens is 240 g/mol. The lowest BCUT2D eigenvalue weighted by Gasteiger charge is -2.29. The normalized spacial score (nSPS) is 17.9. The van der Waals surface area contributed by atoms with E-state index in [1.165, 1.54) is 32.4 Å². The van der Waals surface area contributed by atoms with Crippen molar-refractivity contribution < 1.29 is 4.79 Å². The number of likely N-dealkylation sites (tertiary alicyclic amines) is 1. The van der Waals surface area contributed by atoms with Gasteiger partial charge in [-0.3, -0.25) is 15.2 Å². The molecule has 2 N–H and O–H groups in total.